The maximum atomic E-state index is 13.4. The Morgan fingerprint density at radius 3 is 2.81 bits per heavy atom. The van der Waals surface area contributed by atoms with Crippen molar-refractivity contribution >= 4 is 23.7 Å². The molecule has 0 spiro atoms. The van der Waals surface area contributed by atoms with E-state index in [1.165, 1.54) is 37.6 Å². The molecule has 9 heteroatoms. The summed E-state index contributed by atoms with van der Waals surface area (Å²) in [6.45, 7) is 3.78. The van der Waals surface area contributed by atoms with Crippen molar-refractivity contribution in [1.29, 1.82) is 0 Å². The lowest BCUT2D eigenvalue weighted by Gasteiger charge is -2.40. The maximum absolute atomic E-state index is 13.4. The Labute approximate surface area is 219 Å². The van der Waals surface area contributed by atoms with Crippen molar-refractivity contribution in [3.8, 4) is 0 Å². The summed E-state index contributed by atoms with van der Waals surface area (Å²) in [5.74, 6) is 1.40. The normalized spacial score (nSPS) is 25.9. The molecule has 4 rings (SSSR count). The topological polar surface area (TPSA) is 94.1 Å². The molecule has 1 aromatic rings. The second kappa shape index (κ2) is 13.0. The third kappa shape index (κ3) is 7.05. The van der Waals surface area contributed by atoms with Crippen LogP contribution in [0, 0.1) is 17.8 Å². The van der Waals surface area contributed by atoms with Crippen LogP contribution in [0.5, 0.6) is 0 Å². The number of hydrogen-bond donors (Lipinski definition) is 3. The summed E-state index contributed by atoms with van der Waals surface area (Å²) in [7, 11) is 1.53. The van der Waals surface area contributed by atoms with E-state index in [9.17, 15) is 9.59 Å². The van der Waals surface area contributed by atoms with Crippen LogP contribution < -0.4 is 10.6 Å². The van der Waals surface area contributed by atoms with E-state index >= 15 is 0 Å². The number of benzene rings is 1. The third-order valence-electron chi connectivity index (χ3n) is 8.25. The Morgan fingerprint density at radius 2 is 2.06 bits per heavy atom. The number of amides is 3. The maximum Gasteiger partial charge on any atom is 0.407 e. The second-order valence-electron chi connectivity index (χ2n) is 10.7. The minimum absolute atomic E-state index is 0.0202. The number of likely N-dealkylation sites (N-methyl/N-ethyl adjacent to an activating group) is 1. The molecule has 2 saturated heterocycles. The van der Waals surface area contributed by atoms with Gasteiger partial charge in [-0.25, -0.2) is 9.59 Å². The van der Waals surface area contributed by atoms with Crippen LogP contribution in [-0.2, 0) is 4.74 Å². The molecule has 4 atom stereocenters. The number of nitrogens with one attached hydrogen (secondary N) is 2. The predicted octanol–water partition coefficient (Wildman–Crippen LogP) is 4.60. The van der Waals surface area contributed by atoms with Crippen LogP contribution in [0.25, 0.3) is 0 Å². The molecular weight excluding hydrogens is 480 g/mol. The van der Waals surface area contributed by atoms with Gasteiger partial charge in [0.2, 0.25) is 0 Å². The number of likely N-dealkylation sites (tertiary alicyclic amines) is 1. The van der Waals surface area contributed by atoms with Gasteiger partial charge in [-0.15, -0.1) is 0 Å². The van der Waals surface area contributed by atoms with Crippen molar-refractivity contribution in [2.45, 2.75) is 57.1 Å². The molecule has 0 aromatic heterocycles. The number of ether oxygens (including phenoxy) is 1. The van der Waals surface area contributed by atoms with E-state index in [4.69, 9.17) is 21.4 Å². The molecule has 1 aliphatic carbocycles. The Morgan fingerprint density at radius 1 is 1.25 bits per heavy atom. The quantitative estimate of drug-likeness (QED) is 0.466. The van der Waals surface area contributed by atoms with Gasteiger partial charge < -0.3 is 30.3 Å². The first-order valence-electron chi connectivity index (χ1n) is 13.5. The Balaban J connectivity index is 1.40. The zero-order chi connectivity index (χ0) is 25.5. The second-order valence-corrected chi connectivity index (χ2v) is 11.1. The average Bonchev–Trinajstić information content (AvgIpc) is 3.42. The first-order valence-corrected chi connectivity index (χ1v) is 13.9. The molecule has 1 aromatic carbocycles. The highest BCUT2D eigenvalue weighted by atomic mass is 35.5. The molecule has 3 fully saturated rings. The molecule has 200 valence electrons. The number of urea groups is 1. The van der Waals surface area contributed by atoms with Crippen LogP contribution in [0.3, 0.4) is 0 Å². The van der Waals surface area contributed by atoms with E-state index in [2.05, 4.69) is 10.6 Å². The fourth-order valence-electron chi connectivity index (χ4n) is 6.28. The van der Waals surface area contributed by atoms with E-state index in [0.29, 0.717) is 17.5 Å². The molecule has 2 aliphatic heterocycles. The highest BCUT2D eigenvalue weighted by Crippen LogP contribution is 2.37. The Bertz CT molecular complexity index is 881. The molecule has 36 heavy (non-hydrogen) atoms. The van der Waals surface area contributed by atoms with Gasteiger partial charge in [-0.05, 0) is 55.3 Å². The number of piperidine rings is 2. The van der Waals surface area contributed by atoms with E-state index in [-0.39, 0.29) is 37.2 Å². The van der Waals surface area contributed by atoms with Gasteiger partial charge in [0.25, 0.3) is 0 Å². The molecule has 0 radical (unpaired) electrons. The van der Waals surface area contributed by atoms with Crippen LogP contribution in [0.2, 0.25) is 5.02 Å². The van der Waals surface area contributed by atoms with Gasteiger partial charge in [-0.1, -0.05) is 49.4 Å². The largest absolute Gasteiger partial charge is 0.465 e. The van der Waals surface area contributed by atoms with E-state index < -0.39 is 6.09 Å². The monoisotopic (exact) mass is 520 g/mol. The van der Waals surface area contributed by atoms with Gasteiger partial charge in [-0.2, -0.15) is 0 Å². The lowest BCUT2D eigenvalue weighted by atomic mass is 9.80. The lowest BCUT2D eigenvalue weighted by Crippen LogP contribution is -2.57. The highest BCUT2D eigenvalue weighted by molar-refractivity contribution is 6.30. The van der Waals surface area contributed by atoms with Crippen molar-refractivity contribution in [2.24, 2.45) is 17.8 Å². The van der Waals surface area contributed by atoms with Crippen molar-refractivity contribution < 1.29 is 19.4 Å². The Kier molecular flexibility index (Phi) is 9.73. The summed E-state index contributed by atoms with van der Waals surface area (Å²) in [6.07, 6.45) is 6.95. The summed E-state index contributed by atoms with van der Waals surface area (Å²) in [5.41, 5.74) is 0.963. The fourth-order valence-corrected chi connectivity index (χ4v) is 6.48. The lowest BCUT2D eigenvalue weighted by molar-refractivity contribution is -0.0157. The standard InChI is InChI=1S/C27H41ClN4O4/c1-31(27(34)35)14-15-36-25(20-8-4-10-22(28)16-20)21-9-5-13-32(18-21)26(33)30-24-17-29-12-11-23(24)19-6-2-3-7-19/h4,8,10,16,19,21,23-25,29H,2-3,5-7,9,11-15,17-18H2,1H3,(H,30,33)(H,34,35). The van der Waals surface area contributed by atoms with Crippen molar-refractivity contribution in [3.63, 3.8) is 0 Å². The summed E-state index contributed by atoms with van der Waals surface area (Å²) in [6, 6.07) is 7.85. The zero-order valence-electron chi connectivity index (χ0n) is 21.3. The molecular formula is C27H41ClN4O4. The van der Waals surface area contributed by atoms with Gasteiger partial charge in [0.1, 0.15) is 0 Å². The number of rotatable bonds is 8. The van der Waals surface area contributed by atoms with Crippen LogP contribution in [-0.4, -0.2) is 79.5 Å². The molecule has 1 saturated carbocycles. The molecule has 8 nitrogen and oxygen atoms in total. The molecule has 3 amide bonds. The van der Waals surface area contributed by atoms with Gasteiger partial charge in [0.15, 0.2) is 0 Å². The minimum Gasteiger partial charge on any atom is -0.465 e. The van der Waals surface area contributed by atoms with Gasteiger partial charge in [0.05, 0.1) is 12.7 Å². The SMILES string of the molecule is CN(CCOC(c1cccc(Cl)c1)C1CCCN(C(=O)NC2CNCCC2C2CCCC2)C1)C(=O)O. The van der Waals surface area contributed by atoms with Crippen molar-refractivity contribution in [3.05, 3.63) is 34.9 Å². The average molecular weight is 521 g/mol. The molecule has 4 unspecified atom stereocenters. The van der Waals surface area contributed by atoms with Crippen LogP contribution >= 0.6 is 11.6 Å². The number of halogens is 1. The van der Waals surface area contributed by atoms with Crippen LogP contribution in [0.1, 0.15) is 56.6 Å². The van der Waals surface area contributed by atoms with Crippen molar-refractivity contribution in [2.75, 3.05) is 46.4 Å². The zero-order valence-corrected chi connectivity index (χ0v) is 22.1. The summed E-state index contributed by atoms with van der Waals surface area (Å²) in [5, 5.41) is 16.7. The Hall–Kier alpha value is -2.03. The molecule has 3 N–H and O–H groups in total. The minimum atomic E-state index is -0.980. The van der Waals surface area contributed by atoms with Gasteiger partial charge >= 0.3 is 12.1 Å². The number of carbonyl (C=O) groups is 2. The first kappa shape index (κ1) is 27.0. The van der Waals surface area contributed by atoms with E-state index in [0.717, 1.165) is 50.4 Å². The highest BCUT2D eigenvalue weighted by Gasteiger charge is 2.36. The van der Waals surface area contributed by atoms with E-state index in [1.54, 1.807) is 0 Å². The van der Waals surface area contributed by atoms with Crippen molar-refractivity contribution in [1.82, 2.24) is 20.4 Å². The number of carbonyl (C=O) groups excluding carboxylic acids is 1. The van der Waals surface area contributed by atoms with Crippen LogP contribution in [0.15, 0.2) is 24.3 Å². The third-order valence-corrected chi connectivity index (χ3v) is 8.49. The van der Waals surface area contributed by atoms with Gasteiger partial charge in [0, 0.05) is 50.2 Å². The summed E-state index contributed by atoms with van der Waals surface area (Å²) < 4.78 is 6.27. The number of nitrogens with zero attached hydrogens (tertiary/aromatic N) is 2. The summed E-state index contributed by atoms with van der Waals surface area (Å²) >= 11 is 6.29. The smallest absolute Gasteiger partial charge is 0.407 e. The predicted molar refractivity (Wildman–Crippen MR) is 140 cm³/mol. The molecule has 3 aliphatic rings. The van der Waals surface area contributed by atoms with E-state index in [1.807, 2.05) is 29.2 Å². The molecule has 2 heterocycles. The fraction of sp³-hybridized carbons (Fsp3) is 0.704. The molecule has 0 bridgehead atoms. The van der Waals surface area contributed by atoms with Crippen LogP contribution in [0.4, 0.5) is 9.59 Å². The number of carboxylic acid groups (broad SMARTS) is 1. The van der Waals surface area contributed by atoms with Gasteiger partial charge in [-0.3, -0.25) is 0 Å². The summed E-state index contributed by atoms with van der Waals surface area (Å²) in [4.78, 5) is 27.8. The first-order chi connectivity index (χ1) is 17.4. The number of hydrogen-bond acceptors (Lipinski definition) is 4.